The predicted molar refractivity (Wildman–Crippen MR) is 109 cm³/mol. The van der Waals surface area contributed by atoms with E-state index in [9.17, 15) is 9.90 Å². The molecule has 0 radical (unpaired) electrons. The van der Waals surface area contributed by atoms with Gasteiger partial charge in [-0.25, -0.2) is 4.79 Å². The number of carboxylic acids is 1. The average molecular weight is 385 g/mol. The lowest BCUT2D eigenvalue weighted by atomic mass is 10.1. The third kappa shape index (κ3) is 3.73. The van der Waals surface area contributed by atoms with Crippen LogP contribution in [0.2, 0.25) is 0 Å². The molecule has 0 aliphatic rings. The zero-order valence-corrected chi connectivity index (χ0v) is 15.8. The molecular weight excluding hydrogens is 366 g/mol. The number of hydrogen-bond acceptors (Lipinski definition) is 4. The normalized spacial score (nSPS) is 10.7. The number of ether oxygens (including phenoxy) is 1. The summed E-state index contributed by atoms with van der Waals surface area (Å²) >= 11 is 0. The van der Waals surface area contributed by atoms with Crippen molar-refractivity contribution in [2.24, 2.45) is 0 Å². The number of aromatic nitrogens is 3. The number of nitrogens with zero attached hydrogens (tertiary/aromatic N) is 3. The van der Waals surface area contributed by atoms with Gasteiger partial charge in [-0.05, 0) is 30.7 Å². The molecule has 0 spiro atoms. The number of carboxylic acid groups (broad SMARTS) is 1. The number of aryl methyl sites for hydroxylation is 1. The topological polar surface area (TPSA) is 77.2 Å². The highest BCUT2D eigenvalue weighted by Gasteiger charge is 2.20. The molecule has 1 N–H and O–H groups in total. The number of rotatable bonds is 6. The summed E-state index contributed by atoms with van der Waals surface area (Å²) in [7, 11) is 0. The maximum absolute atomic E-state index is 11.8. The minimum absolute atomic E-state index is 0.151. The van der Waals surface area contributed by atoms with E-state index in [1.54, 1.807) is 28.8 Å². The average Bonchev–Trinajstić information content (AvgIpc) is 3.17. The Morgan fingerprint density at radius 2 is 1.62 bits per heavy atom. The van der Waals surface area contributed by atoms with Gasteiger partial charge < -0.3 is 9.84 Å². The van der Waals surface area contributed by atoms with Crippen LogP contribution in [0, 0.1) is 6.92 Å². The van der Waals surface area contributed by atoms with E-state index in [1.807, 2.05) is 61.5 Å². The highest BCUT2D eigenvalue weighted by molar-refractivity contribution is 5.92. The molecule has 0 unspecified atom stereocenters. The van der Waals surface area contributed by atoms with Crippen molar-refractivity contribution in [3.63, 3.8) is 0 Å². The molecule has 4 aromatic rings. The van der Waals surface area contributed by atoms with Crippen LogP contribution in [0.4, 0.5) is 0 Å². The van der Waals surface area contributed by atoms with Gasteiger partial charge >= 0.3 is 5.97 Å². The molecule has 6 heteroatoms. The zero-order valence-electron chi connectivity index (χ0n) is 15.8. The molecule has 144 valence electrons. The van der Waals surface area contributed by atoms with Crippen molar-refractivity contribution in [1.29, 1.82) is 0 Å². The van der Waals surface area contributed by atoms with E-state index in [-0.39, 0.29) is 12.2 Å². The zero-order chi connectivity index (χ0) is 20.2. The molecule has 4 rings (SSSR count). The van der Waals surface area contributed by atoms with Crippen molar-refractivity contribution in [3.05, 3.63) is 95.8 Å². The molecule has 0 atom stereocenters. The third-order valence-electron chi connectivity index (χ3n) is 4.59. The first-order valence-electron chi connectivity index (χ1n) is 9.16. The Kier molecular flexibility index (Phi) is 5.07. The summed E-state index contributed by atoms with van der Waals surface area (Å²) < 4.78 is 7.71. The van der Waals surface area contributed by atoms with Crippen LogP contribution in [0.15, 0.2) is 78.9 Å². The van der Waals surface area contributed by atoms with Gasteiger partial charge in [-0.1, -0.05) is 60.7 Å². The minimum atomic E-state index is -1.01. The van der Waals surface area contributed by atoms with Gasteiger partial charge in [-0.3, -0.25) is 4.57 Å². The second-order valence-corrected chi connectivity index (χ2v) is 6.52. The Hall–Kier alpha value is -3.93. The van der Waals surface area contributed by atoms with Crippen molar-refractivity contribution in [3.8, 4) is 22.8 Å². The fourth-order valence-electron chi connectivity index (χ4n) is 3.15. The van der Waals surface area contributed by atoms with Crippen LogP contribution in [-0.4, -0.2) is 25.8 Å². The number of benzene rings is 3. The highest BCUT2D eigenvalue weighted by Crippen LogP contribution is 2.26. The second kappa shape index (κ2) is 7.98. The Balaban J connectivity index is 1.82. The maximum Gasteiger partial charge on any atom is 0.337 e. The van der Waals surface area contributed by atoms with Gasteiger partial charge in [0.05, 0.1) is 11.3 Å². The van der Waals surface area contributed by atoms with E-state index in [0.29, 0.717) is 17.3 Å². The van der Waals surface area contributed by atoms with E-state index < -0.39 is 5.97 Å². The number of aromatic carboxylic acids is 1. The van der Waals surface area contributed by atoms with Gasteiger partial charge in [-0.15, -0.1) is 10.2 Å². The number of para-hydroxylation sites is 2. The number of hydrogen-bond donors (Lipinski definition) is 1. The Morgan fingerprint density at radius 1 is 0.931 bits per heavy atom. The van der Waals surface area contributed by atoms with Crippen molar-refractivity contribution in [2.75, 3.05) is 0 Å². The molecule has 0 saturated carbocycles. The summed E-state index contributed by atoms with van der Waals surface area (Å²) in [6, 6.07) is 24.1. The van der Waals surface area contributed by atoms with E-state index in [4.69, 9.17) is 4.74 Å². The van der Waals surface area contributed by atoms with Crippen molar-refractivity contribution >= 4 is 5.97 Å². The summed E-state index contributed by atoms with van der Waals surface area (Å²) in [6.07, 6.45) is 0. The van der Waals surface area contributed by atoms with Crippen LogP contribution in [0.25, 0.3) is 17.1 Å². The lowest BCUT2D eigenvalue weighted by molar-refractivity contribution is 0.0697. The molecular formula is C23H19N3O3. The van der Waals surface area contributed by atoms with Crippen molar-refractivity contribution in [1.82, 2.24) is 14.8 Å². The van der Waals surface area contributed by atoms with Gasteiger partial charge in [0.2, 0.25) is 0 Å². The Bertz CT molecular complexity index is 1150. The highest BCUT2D eigenvalue weighted by atomic mass is 16.5. The van der Waals surface area contributed by atoms with E-state index in [2.05, 4.69) is 10.2 Å². The fourth-order valence-corrected chi connectivity index (χ4v) is 3.15. The molecule has 3 aromatic carbocycles. The summed E-state index contributed by atoms with van der Waals surface area (Å²) in [6.45, 7) is 2.12. The maximum atomic E-state index is 11.8. The molecule has 0 aliphatic heterocycles. The molecule has 29 heavy (non-hydrogen) atoms. The van der Waals surface area contributed by atoms with Crippen LogP contribution < -0.4 is 4.74 Å². The van der Waals surface area contributed by atoms with Crippen LogP contribution in [-0.2, 0) is 6.61 Å². The van der Waals surface area contributed by atoms with Gasteiger partial charge in [-0.2, -0.15) is 0 Å². The fraction of sp³-hybridized carbons (Fsp3) is 0.0870. The van der Waals surface area contributed by atoms with Crippen LogP contribution >= 0.6 is 0 Å². The molecule has 0 saturated heterocycles. The summed E-state index contributed by atoms with van der Waals surface area (Å²) in [5.41, 5.74) is 2.50. The lowest BCUT2D eigenvalue weighted by Gasteiger charge is -2.14. The third-order valence-corrected chi connectivity index (χ3v) is 4.59. The van der Waals surface area contributed by atoms with Crippen molar-refractivity contribution in [2.45, 2.75) is 13.5 Å². The SMILES string of the molecule is Cc1ccccc1OCc1nnc(-c2ccccc2)n1-c1ccccc1C(=O)O. The molecule has 1 aromatic heterocycles. The monoisotopic (exact) mass is 385 g/mol. The molecule has 0 aliphatic carbocycles. The smallest absolute Gasteiger partial charge is 0.337 e. The largest absolute Gasteiger partial charge is 0.485 e. The lowest BCUT2D eigenvalue weighted by Crippen LogP contribution is -2.11. The first-order chi connectivity index (χ1) is 14.1. The molecule has 0 fully saturated rings. The van der Waals surface area contributed by atoms with Crippen molar-refractivity contribution < 1.29 is 14.6 Å². The predicted octanol–water partition coefficient (Wildman–Crippen LogP) is 4.52. The quantitative estimate of drug-likeness (QED) is 0.528. The van der Waals surface area contributed by atoms with Crippen LogP contribution in [0.5, 0.6) is 5.75 Å². The van der Waals surface area contributed by atoms with Gasteiger partial charge in [0.25, 0.3) is 0 Å². The van der Waals surface area contributed by atoms with E-state index in [0.717, 1.165) is 16.9 Å². The second-order valence-electron chi connectivity index (χ2n) is 6.52. The summed E-state index contributed by atoms with van der Waals surface area (Å²) in [4.78, 5) is 11.8. The molecule has 1 heterocycles. The summed E-state index contributed by atoms with van der Waals surface area (Å²) in [5, 5.41) is 18.3. The summed E-state index contributed by atoms with van der Waals surface area (Å²) in [5.74, 6) is 0.803. The Morgan fingerprint density at radius 3 is 2.38 bits per heavy atom. The van der Waals surface area contributed by atoms with E-state index in [1.165, 1.54) is 0 Å². The van der Waals surface area contributed by atoms with Gasteiger partial charge in [0.15, 0.2) is 11.6 Å². The van der Waals surface area contributed by atoms with Gasteiger partial charge in [0.1, 0.15) is 12.4 Å². The van der Waals surface area contributed by atoms with E-state index >= 15 is 0 Å². The minimum Gasteiger partial charge on any atom is -0.485 e. The molecule has 0 bridgehead atoms. The molecule has 6 nitrogen and oxygen atoms in total. The first kappa shape index (κ1) is 18.4. The van der Waals surface area contributed by atoms with Crippen LogP contribution in [0.1, 0.15) is 21.7 Å². The standard InChI is InChI=1S/C23H19N3O3/c1-16-9-5-8-14-20(16)29-15-21-24-25-22(17-10-3-2-4-11-17)26(21)19-13-7-6-12-18(19)23(27)28/h2-14H,15H2,1H3,(H,27,28). The van der Waals surface area contributed by atoms with Gasteiger partial charge in [0, 0.05) is 5.56 Å². The number of carbonyl (C=O) groups is 1. The Labute approximate surface area is 168 Å². The first-order valence-corrected chi connectivity index (χ1v) is 9.16. The van der Waals surface area contributed by atoms with Crippen LogP contribution in [0.3, 0.4) is 0 Å². The molecule has 0 amide bonds.